The smallest absolute Gasteiger partial charge is 0.194 e. The molecule has 3 aromatic rings. The van der Waals surface area contributed by atoms with Crippen molar-refractivity contribution < 1.29 is 38.0 Å². The van der Waals surface area contributed by atoms with Crippen molar-refractivity contribution in [2.24, 2.45) is 0 Å². The van der Waals surface area contributed by atoms with Crippen LogP contribution in [0, 0.1) is 17.5 Å². The first kappa shape index (κ1) is 24.8. The van der Waals surface area contributed by atoms with Gasteiger partial charge in [-0.15, -0.1) is 5.10 Å². The summed E-state index contributed by atoms with van der Waals surface area (Å²) < 4.78 is 52.7. The molecule has 1 aromatic heterocycles. The number of aliphatic hydroxyl groups excluding tert-OH is 3. The molecule has 2 heterocycles. The summed E-state index contributed by atoms with van der Waals surface area (Å²) in [6.45, 7) is -0.565. The van der Waals surface area contributed by atoms with E-state index in [1.165, 1.54) is 13.3 Å². The van der Waals surface area contributed by atoms with Crippen molar-refractivity contribution in [2.45, 2.75) is 34.7 Å². The summed E-state index contributed by atoms with van der Waals surface area (Å²) in [7, 11) is 1.46. The van der Waals surface area contributed by atoms with E-state index in [4.69, 9.17) is 21.1 Å². The average Bonchev–Trinajstić information content (AvgIpc) is 3.29. The number of hydrogen-bond donors (Lipinski definition) is 3. The van der Waals surface area contributed by atoms with Crippen molar-refractivity contribution in [1.82, 2.24) is 15.0 Å². The zero-order valence-corrected chi connectivity index (χ0v) is 19.1. The maximum Gasteiger partial charge on any atom is 0.194 e. The molecule has 0 aliphatic carbocycles. The van der Waals surface area contributed by atoms with Crippen LogP contribution < -0.4 is 4.74 Å². The summed E-state index contributed by atoms with van der Waals surface area (Å²) in [6, 6.07) is 5.24. The predicted octanol–water partition coefficient (Wildman–Crippen LogP) is 2.80. The Balaban J connectivity index is 1.65. The van der Waals surface area contributed by atoms with Gasteiger partial charge in [0.05, 0.1) is 24.8 Å². The fourth-order valence-corrected chi connectivity index (χ4v) is 5.05. The van der Waals surface area contributed by atoms with Gasteiger partial charge in [0.2, 0.25) is 0 Å². The fourth-order valence-electron chi connectivity index (χ4n) is 3.60. The second kappa shape index (κ2) is 10.1. The highest BCUT2D eigenvalue weighted by atomic mass is 35.5. The van der Waals surface area contributed by atoms with Crippen molar-refractivity contribution in [2.75, 3.05) is 13.7 Å². The summed E-state index contributed by atoms with van der Waals surface area (Å²) >= 11 is 7.13. The molecule has 8 nitrogen and oxygen atoms in total. The van der Waals surface area contributed by atoms with Crippen LogP contribution in [-0.4, -0.2) is 67.8 Å². The van der Waals surface area contributed by atoms with Gasteiger partial charge in [0, 0.05) is 10.6 Å². The first-order valence-electron chi connectivity index (χ1n) is 9.93. The predicted molar refractivity (Wildman–Crippen MR) is 116 cm³/mol. The minimum atomic E-state index is -1.62. The number of benzene rings is 2. The SMILES string of the molecule is COc1ccc(Cl)cc1S[C@H]1OC(CO)[C@H](O)[C@H](n2cc(-c3cc(F)c(F)c(F)c3)nn2)C1O. The summed E-state index contributed by atoms with van der Waals surface area (Å²) in [6.07, 6.45) is -2.63. The molecule has 4 rings (SSSR count). The van der Waals surface area contributed by atoms with Crippen molar-refractivity contribution in [1.29, 1.82) is 0 Å². The Morgan fingerprint density at radius 3 is 2.50 bits per heavy atom. The van der Waals surface area contributed by atoms with E-state index in [0.29, 0.717) is 15.7 Å². The van der Waals surface area contributed by atoms with E-state index in [1.54, 1.807) is 18.2 Å². The van der Waals surface area contributed by atoms with Gasteiger partial charge in [0.1, 0.15) is 41.2 Å². The molecular weight excluding hydrogens is 499 g/mol. The van der Waals surface area contributed by atoms with Gasteiger partial charge >= 0.3 is 0 Å². The molecule has 0 saturated carbocycles. The minimum absolute atomic E-state index is 0.0232. The van der Waals surface area contributed by atoms with Crippen molar-refractivity contribution in [3.63, 3.8) is 0 Å². The third-order valence-electron chi connectivity index (χ3n) is 5.31. The average molecular weight is 518 g/mol. The standard InChI is InChI=1S/C21H19ClF3N3O5S/c1-32-14-3-2-10(22)6-16(14)34-21-20(31)18(19(30)15(8-29)33-21)28-7-13(26-27-28)9-4-11(23)17(25)12(24)5-9/h2-7,15,18-21,29-31H,8H2,1H3/t15?,18-,19-,20?,21+/m0/s1. The lowest BCUT2D eigenvalue weighted by atomic mass is 9.97. The monoisotopic (exact) mass is 517 g/mol. The molecule has 0 radical (unpaired) electrons. The summed E-state index contributed by atoms with van der Waals surface area (Å²) in [5.74, 6) is -3.95. The lowest BCUT2D eigenvalue weighted by molar-refractivity contribution is -0.178. The molecule has 182 valence electrons. The number of halogens is 4. The Kier molecular flexibility index (Phi) is 7.36. The maximum atomic E-state index is 13.6. The van der Waals surface area contributed by atoms with Crippen LogP contribution in [0.3, 0.4) is 0 Å². The lowest BCUT2D eigenvalue weighted by Crippen LogP contribution is -2.55. The quantitative estimate of drug-likeness (QED) is 0.428. The number of ether oxygens (including phenoxy) is 2. The van der Waals surface area contributed by atoms with E-state index in [1.807, 2.05) is 0 Å². The number of aromatic nitrogens is 3. The Morgan fingerprint density at radius 2 is 1.85 bits per heavy atom. The van der Waals surface area contributed by atoms with Crippen LogP contribution in [0.4, 0.5) is 13.2 Å². The van der Waals surface area contributed by atoms with Gasteiger partial charge in [-0.2, -0.15) is 0 Å². The molecule has 0 bridgehead atoms. The number of thioether (sulfide) groups is 1. The highest BCUT2D eigenvalue weighted by molar-refractivity contribution is 8.00. The summed E-state index contributed by atoms with van der Waals surface area (Å²) in [5.41, 5.74) is -1.11. The number of aliphatic hydroxyl groups is 3. The fraction of sp³-hybridized carbons (Fsp3) is 0.333. The van der Waals surface area contributed by atoms with Crippen LogP contribution >= 0.6 is 23.4 Å². The number of methoxy groups -OCH3 is 1. The third kappa shape index (κ3) is 4.74. The van der Waals surface area contributed by atoms with E-state index in [2.05, 4.69) is 10.3 Å². The van der Waals surface area contributed by atoms with Crippen molar-refractivity contribution in [3.05, 3.63) is 59.0 Å². The molecule has 1 aliphatic heterocycles. The van der Waals surface area contributed by atoms with E-state index in [9.17, 15) is 28.5 Å². The molecule has 1 aliphatic rings. The lowest BCUT2D eigenvalue weighted by Gasteiger charge is -2.41. The van der Waals surface area contributed by atoms with Gasteiger partial charge in [-0.3, -0.25) is 0 Å². The van der Waals surface area contributed by atoms with Crippen LogP contribution in [0.25, 0.3) is 11.3 Å². The third-order valence-corrected chi connectivity index (χ3v) is 6.74. The van der Waals surface area contributed by atoms with Crippen LogP contribution in [0.5, 0.6) is 5.75 Å². The van der Waals surface area contributed by atoms with Crippen LogP contribution in [0.1, 0.15) is 6.04 Å². The molecule has 2 unspecified atom stereocenters. The Labute approximate surface area is 200 Å². The molecule has 0 spiro atoms. The Bertz CT molecular complexity index is 1160. The highest BCUT2D eigenvalue weighted by Gasteiger charge is 2.46. The molecule has 2 aromatic carbocycles. The zero-order chi connectivity index (χ0) is 24.6. The van der Waals surface area contributed by atoms with Crippen molar-refractivity contribution in [3.8, 4) is 17.0 Å². The molecule has 0 amide bonds. The number of nitrogens with zero attached hydrogens (tertiary/aromatic N) is 3. The van der Waals surface area contributed by atoms with E-state index >= 15 is 0 Å². The molecule has 1 saturated heterocycles. The van der Waals surface area contributed by atoms with E-state index < -0.39 is 53.8 Å². The minimum Gasteiger partial charge on any atom is -0.496 e. The van der Waals surface area contributed by atoms with E-state index in [-0.39, 0.29) is 11.3 Å². The van der Waals surface area contributed by atoms with Crippen LogP contribution in [0.15, 0.2) is 41.4 Å². The molecule has 3 N–H and O–H groups in total. The highest BCUT2D eigenvalue weighted by Crippen LogP contribution is 2.42. The number of rotatable bonds is 6. The second-order valence-corrected chi connectivity index (χ2v) is 9.02. The number of hydrogen-bond acceptors (Lipinski definition) is 8. The molecule has 1 fully saturated rings. The van der Waals surface area contributed by atoms with Crippen molar-refractivity contribution >= 4 is 23.4 Å². The van der Waals surface area contributed by atoms with Gasteiger partial charge in [-0.1, -0.05) is 28.6 Å². The van der Waals surface area contributed by atoms with Gasteiger partial charge in [-0.05, 0) is 30.3 Å². The van der Waals surface area contributed by atoms with Crippen LogP contribution in [-0.2, 0) is 4.74 Å². The normalized spacial score (nSPS) is 24.9. The van der Waals surface area contributed by atoms with E-state index in [0.717, 1.165) is 28.6 Å². The summed E-state index contributed by atoms with van der Waals surface area (Å²) in [4.78, 5) is 0.544. The van der Waals surface area contributed by atoms with Gasteiger partial charge in [0.25, 0.3) is 0 Å². The second-order valence-electron chi connectivity index (χ2n) is 7.45. The Hall–Kier alpha value is -2.35. The maximum absolute atomic E-state index is 13.6. The first-order chi connectivity index (χ1) is 16.2. The Morgan fingerprint density at radius 1 is 1.15 bits per heavy atom. The van der Waals surface area contributed by atoms with Crippen LogP contribution in [0.2, 0.25) is 5.02 Å². The summed E-state index contributed by atoms with van der Waals surface area (Å²) in [5, 5.41) is 39.6. The topological polar surface area (TPSA) is 110 Å². The molecular formula is C21H19ClF3N3O5S. The van der Waals surface area contributed by atoms with Gasteiger partial charge in [0.15, 0.2) is 17.5 Å². The molecule has 13 heteroatoms. The molecule has 34 heavy (non-hydrogen) atoms. The van der Waals surface area contributed by atoms with Gasteiger partial charge < -0.3 is 24.8 Å². The first-order valence-corrected chi connectivity index (χ1v) is 11.2. The molecule has 5 atom stereocenters. The van der Waals surface area contributed by atoms with Gasteiger partial charge in [-0.25, -0.2) is 17.9 Å². The zero-order valence-electron chi connectivity index (χ0n) is 17.5. The largest absolute Gasteiger partial charge is 0.496 e.